The molecule has 5 rings (SSSR count). The van der Waals surface area contributed by atoms with Crippen LogP contribution in [-0.4, -0.2) is 23.0 Å². The van der Waals surface area contributed by atoms with Crippen LogP contribution in [0.15, 0.2) is 77.5 Å². The maximum atomic E-state index is 13.5. The second-order valence-electron chi connectivity index (χ2n) is 6.71. The number of aromatic nitrogens is 2. The average molecular weight is 415 g/mol. The molecule has 0 bridgehead atoms. The van der Waals surface area contributed by atoms with Crippen molar-refractivity contribution in [3.8, 4) is 5.75 Å². The van der Waals surface area contributed by atoms with E-state index in [9.17, 15) is 4.79 Å². The Morgan fingerprint density at radius 1 is 1.13 bits per heavy atom. The lowest BCUT2D eigenvalue weighted by molar-refractivity contribution is 0.0960. The first kappa shape index (κ1) is 18.3. The van der Waals surface area contributed by atoms with E-state index in [1.165, 1.54) is 11.3 Å². The van der Waals surface area contributed by atoms with Gasteiger partial charge in [-0.05, 0) is 35.9 Å². The van der Waals surface area contributed by atoms with Gasteiger partial charge in [0, 0.05) is 17.8 Å². The van der Waals surface area contributed by atoms with Crippen molar-refractivity contribution in [1.82, 2.24) is 9.97 Å². The summed E-state index contributed by atoms with van der Waals surface area (Å²) in [6.07, 6.45) is 3.45. The van der Waals surface area contributed by atoms with Crippen molar-refractivity contribution in [2.75, 3.05) is 12.0 Å². The molecular weight excluding hydrogens is 398 g/mol. The molecule has 0 aliphatic rings. The third kappa shape index (κ3) is 3.29. The fourth-order valence-electron chi connectivity index (χ4n) is 3.31. The highest BCUT2D eigenvalue weighted by atomic mass is 32.1. The first-order chi connectivity index (χ1) is 14.7. The molecular formula is C23H17N3O3S. The zero-order valence-corrected chi connectivity index (χ0v) is 16.9. The van der Waals surface area contributed by atoms with Gasteiger partial charge in [-0.3, -0.25) is 14.7 Å². The van der Waals surface area contributed by atoms with Gasteiger partial charge in [-0.2, -0.15) is 0 Å². The van der Waals surface area contributed by atoms with Crippen molar-refractivity contribution in [3.63, 3.8) is 0 Å². The minimum atomic E-state index is -0.267. The number of hydrogen-bond acceptors (Lipinski definition) is 6. The Bertz CT molecular complexity index is 1310. The topological polar surface area (TPSA) is 68.5 Å². The van der Waals surface area contributed by atoms with Crippen LogP contribution in [0.3, 0.4) is 0 Å². The molecule has 0 saturated heterocycles. The number of pyridine rings is 1. The van der Waals surface area contributed by atoms with Crippen molar-refractivity contribution >= 4 is 43.6 Å². The van der Waals surface area contributed by atoms with Gasteiger partial charge in [0.15, 0.2) is 22.2 Å². The van der Waals surface area contributed by atoms with E-state index in [0.717, 1.165) is 21.2 Å². The zero-order chi connectivity index (χ0) is 20.5. The van der Waals surface area contributed by atoms with Gasteiger partial charge < -0.3 is 9.15 Å². The molecule has 0 radical (unpaired) electrons. The van der Waals surface area contributed by atoms with Crippen LogP contribution in [0, 0.1) is 0 Å². The number of nitrogens with zero attached hydrogens (tertiary/aromatic N) is 3. The van der Waals surface area contributed by atoms with Gasteiger partial charge in [0.05, 0.1) is 23.9 Å². The summed E-state index contributed by atoms with van der Waals surface area (Å²) >= 11 is 1.47. The van der Waals surface area contributed by atoms with Gasteiger partial charge in [0.25, 0.3) is 5.91 Å². The highest BCUT2D eigenvalue weighted by Crippen LogP contribution is 2.33. The first-order valence-corrected chi connectivity index (χ1v) is 10.2. The Kier molecular flexibility index (Phi) is 4.65. The molecule has 0 fully saturated rings. The summed E-state index contributed by atoms with van der Waals surface area (Å²) in [5.74, 6) is 0.555. The van der Waals surface area contributed by atoms with E-state index in [1.54, 1.807) is 36.5 Å². The third-order valence-electron chi connectivity index (χ3n) is 4.76. The number of methoxy groups -OCH3 is 1. The molecule has 2 aromatic carbocycles. The molecule has 148 valence electrons. The fraction of sp³-hybridized carbons (Fsp3) is 0.0870. The number of thiazole rings is 1. The number of fused-ring (bicyclic) bond motifs is 2. The molecule has 5 aromatic rings. The highest BCUT2D eigenvalue weighted by molar-refractivity contribution is 7.22. The summed E-state index contributed by atoms with van der Waals surface area (Å²) in [7, 11) is 1.58. The number of carbonyl (C=O) groups excluding carboxylic acids is 1. The van der Waals surface area contributed by atoms with Crippen LogP contribution in [0.1, 0.15) is 16.1 Å². The minimum absolute atomic E-state index is 0.234. The Morgan fingerprint density at radius 2 is 2.03 bits per heavy atom. The molecule has 1 amide bonds. The maximum Gasteiger partial charge on any atom is 0.296 e. The lowest BCUT2D eigenvalue weighted by atomic mass is 10.2. The Labute approximate surface area is 176 Å². The molecule has 0 aliphatic carbocycles. The summed E-state index contributed by atoms with van der Waals surface area (Å²) in [6.45, 7) is 0.334. The molecule has 30 heavy (non-hydrogen) atoms. The quantitative estimate of drug-likeness (QED) is 0.390. The van der Waals surface area contributed by atoms with E-state index >= 15 is 0 Å². The molecule has 3 heterocycles. The average Bonchev–Trinajstić information content (AvgIpc) is 3.41. The largest absolute Gasteiger partial charge is 0.493 e. The molecule has 6 nitrogen and oxygen atoms in total. The second kappa shape index (κ2) is 7.61. The van der Waals surface area contributed by atoms with Crippen molar-refractivity contribution in [2.24, 2.45) is 0 Å². The van der Waals surface area contributed by atoms with Crippen molar-refractivity contribution in [2.45, 2.75) is 6.54 Å². The maximum absolute atomic E-state index is 13.5. The fourth-order valence-corrected chi connectivity index (χ4v) is 4.27. The molecule has 7 heteroatoms. The second-order valence-corrected chi connectivity index (χ2v) is 7.72. The van der Waals surface area contributed by atoms with Crippen molar-refractivity contribution in [1.29, 1.82) is 0 Å². The van der Waals surface area contributed by atoms with Crippen LogP contribution in [0.4, 0.5) is 5.13 Å². The number of furan rings is 1. The molecule has 3 aromatic heterocycles. The molecule has 0 unspecified atom stereocenters. The molecule has 0 saturated carbocycles. The SMILES string of the molecule is COc1cccc2cc(C(=O)N(Cc3cccnc3)c3nc4ccccc4s3)oc12. The van der Waals surface area contributed by atoms with Gasteiger partial charge in [-0.1, -0.05) is 41.7 Å². The highest BCUT2D eigenvalue weighted by Gasteiger charge is 2.25. The van der Waals surface area contributed by atoms with E-state index in [4.69, 9.17) is 9.15 Å². The summed E-state index contributed by atoms with van der Waals surface area (Å²) in [5.41, 5.74) is 2.31. The third-order valence-corrected chi connectivity index (χ3v) is 5.82. The number of hydrogen-bond donors (Lipinski definition) is 0. The summed E-state index contributed by atoms with van der Waals surface area (Å²) < 4.78 is 12.3. The van der Waals surface area contributed by atoms with Gasteiger partial charge >= 0.3 is 0 Å². The molecule has 0 N–H and O–H groups in total. The van der Waals surface area contributed by atoms with Gasteiger partial charge in [0.1, 0.15) is 0 Å². The number of amides is 1. The Morgan fingerprint density at radius 3 is 2.83 bits per heavy atom. The first-order valence-electron chi connectivity index (χ1n) is 9.36. The molecule has 0 spiro atoms. The summed E-state index contributed by atoms with van der Waals surface area (Å²) in [5, 5.41) is 1.42. The number of anilines is 1. The zero-order valence-electron chi connectivity index (χ0n) is 16.1. The Hall–Kier alpha value is -3.71. The van der Waals surface area contributed by atoms with Gasteiger partial charge in [-0.25, -0.2) is 4.98 Å². The van der Waals surface area contributed by atoms with Gasteiger partial charge in [-0.15, -0.1) is 0 Å². The number of ether oxygens (including phenoxy) is 1. The van der Waals surface area contributed by atoms with Crippen LogP contribution in [-0.2, 0) is 6.54 Å². The number of carbonyl (C=O) groups is 1. The Balaban J connectivity index is 1.59. The lowest BCUT2D eigenvalue weighted by Crippen LogP contribution is -2.30. The van der Waals surface area contributed by atoms with Crippen LogP contribution in [0.2, 0.25) is 0 Å². The number of para-hydroxylation sites is 2. The van der Waals surface area contributed by atoms with Crippen molar-refractivity contribution < 1.29 is 13.9 Å². The van der Waals surface area contributed by atoms with E-state index in [-0.39, 0.29) is 11.7 Å². The number of benzene rings is 2. The van der Waals surface area contributed by atoms with Crippen LogP contribution in [0.25, 0.3) is 21.2 Å². The number of rotatable bonds is 5. The predicted octanol–water partition coefficient (Wildman–Crippen LogP) is 5.29. The van der Waals surface area contributed by atoms with Gasteiger partial charge in [0.2, 0.25) is 0 Å². The lowest BCUT2D eigenvalue weighted by Gasteiger charge is -2.18. The van der Waals surface area contributed by atoms with Crippen LogP contribution in [0.5, 0.6) is 5.75 Å². The van der Waals surface area contributed by atoms with Crippen LogP contribution >= 0.6 is 11.3 Å². The van der Waals surface area contributed by atoms with E-state index in [0.29, 0.717) is 23.0 Å². The van der Waals surface area contributed by atoms with Crippen LogP contribution < -0.4 is 9.64 Å². The smallest absolute Gasteiger partial charge is 0.296 e. The predicted molar refractivity (Wildman–Crippen MR) is 117 cm³/mol. The van der Waals surface area contributed by atoms with E-state index < -0.39 is 0 Å². The minimum Gasteiger partial charge on any atom is -0.493 e. The summed E-state index contributed by atoms with van der Waals surface area (Å²) in [4.78, 5) is 24.0. The standard InChI is InChI=1S/C23H17N3O3S/c1-28-18-9-4-7-16-12-19(29-21(16)18)22(27)26(14-15-6-5-11-24-13-15)23-25-17-8-2-3-10-20(17)30-23/h2-13H,14H2,1H3. The normalized spacial score (nSPS) is 11.1. The van der Waals surface area contributed by atoms with Crippen molar-refractivity contribution in [3.05, 3.63) is 84.4 Å². The monoisotopic (exact) mass is 415 g/mol. The summed E-state index contributed by atoms with van der Waals surface area (Å²) in [6, 6.07) is 18.9. The van der Waals surface area contributed by atoms with E-state index in [2.05, 4.69) is 9.97 Å². The molecule has 0 atom stereocenters. The van der Waals surface area contributed by atoms with E-state index in [1.807, 2.05) is 48.5 Å². The molecule has 0 aliphatic heterocycles.